The van der Waals surface area contributed by atoms with E-state index in [2.05, 4.69) is 17.2 Å². The van der Waals surface area contributed by atoms with Gasteiger partial charge in [0.25, 0.3) is 5.91 Å². The zero-order valence-electron chi connectivity index (χ0n) is 26.2. The number of hydrogen-bond donors (Lipinski definition) is 2. The van der Waals surface area contributed by atoms with Gasteiger partial charge in [0.05, 0.1) is 6.42 Å². The standard InChI is InChI=1S/C30H49N5O7/c1-9-13-22-28(39)35-17-12-14-21(35)27(38)32-24(18(4)10-2)29(40)34(8)25(19(5)11-3)30(41)33(7)20(6)26(37)31-16-15-23(36)42-22/h9,18-22,24-25H,1,10-17H2,2-8H3,(H,31,37)(H,32,38)/t18-,19+,20-,21+,22+,24-,25+/m0/s1. The lowest BCUT2D eigenvalue weighted by Gasteiger charge is -2.38. The number of likely N-dealkylation sites (N-methyl/N-ethyl adjacent to an activating group) is 2. The first kappa shape index (κ1) is 34.8. The first-order chi connectivity index (χ1) is 19.8. The fourth-order valence-corrected chi connectivity index (χ4v) is 5.37. The molecule has 0 aliphatic carbocycles. The molecule has 5 amide bonds. The van der Waals surface area contributed by atoms with E-state index in [1.807, 2.05) is 27.7 Å². The Bertz CT molecular complexity index is 1030. The fraction of sp³-hybridized carbons (Fsp3) is 0.733. The van der Waals surface area contributed by atoms with Crippen molar-refractivity contribution in [2.75, 3.05) is 27.2 Å². The molecule has 2 aliphatic rings. The fourth-order valence-electron chi connectivity index (χ4n) is 5.37. The van der Waals surface area contributed by atoms with Crippen molar-refractivity contribution in [2.45, 2.75) is 103 Å². The zero-order valence-corrected chi connectivity index (χ0v) is 26.2. The first-order valence-electron chi connectivity index (χ1n) is 15.0. The minimum absolute atomic E-state index is 0.0570. The third-order valence-electron chi connectivity index (χ3n) is 8.68. The summed E-state index contributed by atoms with van der Waals surface area (Å²) < 4.78 is 5.46. The Hall–Kier alpha value is -3.44. The summed E-state index contributed by atoms with van der Waals surface area (Å²) in [6.45, 7) is 13.0. The van der Waals surface area contributed by atoms with Crippen LogP contribution in [0.2, 0.25) is 0 Å². The summed E-state index contributed by atoms with van der Waals surface area (Å²) in [4.78, 5) is 84.5. The second kappa shape index (κ2) is 15.7. The van der Waals surface area contributed by atoms with Crippen molar-refractivity contribution in [3.8, 4) is 0 Å². The number of carbonyl (C=O) groups excluding carboxylic acids is 6. The quantitative estimate of drug-likeness (QED) is 0.349. The molecule has 0 bridgehead atoms. The normalized spacial score (nSPS) is 29.0. The highest BCUT2D eigenvalue weighted by Crippen LogP contribution is 2.24. The third-order valence-corrected chi connectivity index (χ3v) is 8.68. The summed E-state index contributed by atoms with van der Waals surface area (Å²) in [5.41, 5.74) is 0. The van der Waals surface area contributed by atoms with E-state index in [1.165, 1.54) is 27.8 Å². The predicted molar refractivity (Wildman–Crippen MR) is 157 cm³/mol. The number of hydrogen-bond acceptors (Lipinski definition) is 7. The van der Waals surface area contributed by atoms with Crippen molar-refractivity contribution in [1.82, 2.24) is 25.3 Å². The molecule has 2 fully saturated rings. The molecule has 2 saturated heterocycles. The van der Waals surface area contributed by atoms with Gasteiger partial charge in [0.2, 0.25) is 23.6 Å². The van der Waals surface area contributed by atoms with Crippen LogP contribution >= 0.6 is 0 Å². The second-order valence-electron chi connectivity index (χ2n) is 11.5. The molecule has 0 unspecified atom stereocenters. The molecule has 0 saturated carbocycles. The van der Waals surface area contributed by atoms with Gasteiger partial charge in [-0.25, -0.2) is 0 Å². The number of nitrogens with one attached hydrogen (secondary N) is 2. The van der Waals surface area contributed by atoms with Crippen molar-refractivity contribution in [1.29, 1.82) is 0 Å². The van der Waals surface area contributed by atoms with Crippen molar-refractivity contribution in [3.63, 3.8) is 0 Å². The van der Waals surface area contributed by atoms with E-state index >= 15 is 0 Å². The second-order valence-corrected chi connectivity index (χ2v) is 11.5. The molecule has 2 aliphatic heterocycles. The van der Waals surface area contributed by atoms with Gasteiger partial charge in [-0.15, -0.1) is 6.58 Å². The van der Waals surface area contributed by atoms with Crippen LogP contribution in [-0.4, -0.2) is 108 Å². The van der Waals surface area contributed by atoms with Gasteiger partial charge < -0.3 is 30.1 Å². The van der Waals surface area contributed by atoms with Crippen molar-refractivity contribution < 1.29 is 33.5 Å². The monoisotopic (exact) mass is 591 g/mol. The molecular weight excluding hydrogens is 542 g/mol. The number of amides is 5. The van der Waals surface area contributed by atoms with E-state index in [0.29, 0.717) is 32.2 Å². The SMILES string of the molecule is C=CC[C@H]1OC(=O)CCNC(=O)[C@H](C)N(C)C(=O)[C@@H]([C@H](C)CC)N(C)C(=O)[C@H]([C@@H](C)CC)NC(=O)[C@H]2CCCN2C1=O. The molecule has 12 nitrogen and oxygen atoms in total. The maximum Gasteiger partial charge on any atom is 0.308 e. The molecule has 42 heavy (non-hydrogen) atoms. The summed E-state index contributed by atoms with van der Waals surface area (Å²) in [6.07, 6.45) is 2.30. The van der Waals surface area contributed by atoms with Gasteiger partial charge in [-0.2, -0.15) is 0 Å². The van der Waals surface area contributed by atoms with Crippen LogP contribution in [0.15, 0.2) is 12.7 Å². The highest BCUT2D eigenvalue weighted by Gasteiger charge is 2.42. The Kier molecular flexibility index (Phi) is 13.0. The molecule has 2 rings (SSSR count). The number of ether oxygens (including phenoxy) is 1. The predicted octanol–water partition coefficient (Wildman–Crippen LogP) is 1.24. The van der Waals surface area contributed by atoms with Gasteiger partial charge in [-0.1, -0.05) is 46.6 Å². The van der Waals surface area contributed by atoms with E-state index in [9.17, 15) is 28.8 Å². The van der Waals surface area contributed by atoms with Gasteiger partial charge in [-0.05, 0) is 31.6 Å². The summed E-state index contributed by atoms with van der Waals surface area (Å²) in [5, 5.41) is 5.54. The summed E-state index contributed by atoms with van der Waals surface area (Å²) in [5.74, 6) is -3.49. The largest absolute Gasteiger partial charge is 0.452 e. The van der Waals surface area contributed by atoms with Crippen LogP contribution in [0.3, 0.4) is 0 Å². The van der Waals surface area contributed by atoms with E-state index in [1.54, 1.807) is 14.0 Å². The number of fused-ring (bicyclic) bond motifs is 1. The summed E-state index contributed by atoms with van der Waals surface area (Å²) in [7, 11) is 3.05. The van der Waals surface area contributed by atoms with Gasteiger partial charge in [-0.3, -0.25) is 28.8 Å². The Morgan fingerprint density at radius 1 is 0.952 bits per heavy atom. The highest BCUT2D eigenvalue weighted by molar-refractivity contribution is 5.96. The Morgan fingerprint density at radius 3 is 2.19 bits per heavy atom. The average Bonchev–Trinajstić information content (AvgIpc) is 3.47. The molecule has 0 aromatic heterocycles. The average molecular weight is 592 g/mol. The van der Waals surface area contributed by atoms with Crippen LogP contribution < -0.4 is 10.6 Å². The number of nitrogens with zero attached hydrogens (tertiary/aromatic N) is 3. The Labute approximate surface area is 249 Å². The van der Waals surface area contributed by atoms with E-state index in [4.69, 9.17) is 4.74 Å². The lowest BCUT2D eigenvalue weighted by molar-refractivity contribution is -0.161. The number of rotatable bonds is 6. The van der Waals surface area contributed by atoms with Crippen LogP contribution in [0.25, 0.3) is 0 Å². The first-order valence-corrected chi connectivity index (χ1v) is 15.0. The molecule has 7 atom stereocenters. The van der Waals surface area contributed by atoms with Crippen molar-refractivity contribution in [2.24, 2.45) is 11.8 Å². The number of carbonyl (C=O) groups is 6. The molecule has 12 heteroatoms. The lowest BCUT2D eigenvalue weighted by Crippen LogP contribution is -2.61. The molecule has 2 heterocycles. The molecule has 236 valence electrons. The highest BCUT2D eigenvalue weighted by atomic mass is 16.5. The van der Waals surface area contributed by atoms with E-state index in [0.717, 1.165) is 0 Å². The molecule has 0 aromatic rings. The summed E-state index contributed by atoms with van der Waals surface area (Å²) in [6, 6.07) is -3.56. The van der Waals surface area contributed by atoms with Crippen LogP contribution in [-0.2, 0) is 33.5 Å². The van der Waals surface area contributed by atoms with Crippen LogP contribution in [0.5, 0.6) is 0 Å². The van der Waals surface area contributed by atoms with Crippen LogP contribution in [0.1, 0.15) is 73.1 Å². The topological polar surface area (TPSA) is 145 Å². The third kappa shape index (κ3) is 8.10. The molecule has 0 aromatic carbocycles. The molecule has 2 N–H and O–H groups in total. The smallest absolute Gasteiger partial charge is 0.308 e. The molecular formula is C30H49N5O7. The Morgan fingerprint density at radius 2 is 1.60 bits per heavy atom. The van der Waals surface area contributed by atoms with Gasteiger partial charge in [0.15, 0.2) is 6.10 Å². The Balaban J connectivity index is 2.55. The van der Waals surface area contributed by atoms with Gasteiger partial charge in [0, 0.05) is 33.6 Å². The maximum atomic E-state index is 14.0. The molecule has 0 spiro atoms. The maximum absolute atomic E-state index is 14.0. The van der Waals surface area contributed by atoms with Crippen LogP contribution in [0, 0.1) is 11.8 Å². The van der Waals surface area contributed by atoms with E-state index < -0.39 is 65.8 Å². The number of cyclic esters (lactones) is 1. The lowest BCUT2D eigenvalue weighted by atomic mass is 9.92. The minimum Gasteiger partial charge on any atom is -0.452 e. The minimum atomic E-state index is -1.17. The van der Waals surface area contributed by atoms with Crippen LogP contribution in [0.4, 0.5) is 0 Å². The number of esters is 1. The van der Waals surface area contributed by atoms with Crippen molar-refractivity contribution >= 4 is 35.5 Å². The zero-order chi connectivity index (χ0) is 31.7. The van der Waals surface area contributed by atoms with Gasteiger partial charge in [0.1, 0.15) is 24.2 Å². The van der Waals surface area contributed by atoms with E-state index in [-0.39, 0.29) is 31.2 Å². The summed E-state index contributed by atoms with van der Waals surface area (Å²) >= 11 is 0. The molecule has 0 radical (unpaired) electrons. The van der Waals surface area contributed by atoms with Crippen molar-refractivity contribution in [3.05, 3.63) is 12.7 Å². The van der Waals surface area contributed by atoms with Gasteiger partial charge >= 0.3 is 5.97 Å².